The monoisotopic (exact) mass is 237 g/mol. The molecule has 1 fully saturated rings. The average molecular weight is 237 g/mol. The highest BCUT2D eigenvalue weighted by atomic mass is 16.6. The summed E-state index contributed by atoms with van der Waals surface area (Å²) in [6.07, 6.45) is 2.08. The van der Waals surface area contributed by atoms with Gasteiger partial charge >= 0.3 is 5.69 Å². The van der Waals surface area contributed by atoms with Gasteiger partial charge in [0, 0.05) is 33.1 Å². The molecule has 0 amide bonds. The first-order chi connectivity index (χ1) is 8.02. The average Bonchev–Trinajstić information content (AvgIpc) is 2.83. The second kappa shape index (κ2) is 4.20. The Morgan fingerprint density at radius 1 is 1.41 bits per heavy atom. The van der Waals surface area contributed by atoms with Crippen LogP contribution in [0, 0.1) is 10.1 Å². The summed E-state index contributed by atoms with van der Waals surface area (Å²) >= 11 is 0. The van der Waals surface area contributed by atoms with E-state index in [9.17, 15) is 14.9 Å². The van der Waals surface area contributed by atoms with Crippen LogP contribution in [0.3, 0.4) is 0 Å². The Morgan fingerprint density at radius 2 is 2.00 bits per heavy atom. The maximum Gasteiger partial charge on any atom is 0.311 e. The van der Waals surface area contributed by atoms with Gasteiger partial charge in [-0.1, -0.05) is 0 Å². The van der Waals surface area contributed by atoms with E-state index in [1.54, 1.807) is 11.6 Å². The van der Waals surface area contributed by atoms with Crippen LogP contribution < -0.4 is 4.90 Å². The van der Waals surface area contributed by atoms with Gasteiger partial charge in [-0.05, 0) is 12.8 Å². The molecule has 17 heavy (non-hydrogen) atoms. The zero-order valence-corrected chi connectivity index (χ0v) is 9.97. The molecular weight excluding hydrogens is 222 g/mol. The first-order valence-corrected chi connectivity index (χ1v) is 5.62. The Morgan fingerprint density at radius 3 is 2.47 bits per heavy atom. The van der Waals surface area contributed by atoms with Crippen molar-refractivity contribution in [3.63, 3.8) is 0 Å². The number of anilines is 1. The maximum atomic E-state index is 11.4. The van der Waals surface area contributed by atoms with Crippen LogP contribution in [0.4, 0.5) is 11.5 Å². The number of hydrogen-bond acceptors (Lipinski definition) is 4. The predicted octanol–water partition coefficient (Wildman–Crippen LogP) is 1.74. The largest absolute Gasteiger partial charge is 0.352 e. The van der Waals surface area contributed by atoms with Crippen LogP contribution in [-0.4, -0.2) is 28.4 Å². The van der Waals surface area contributed by atoms with Crippen molar-refractivity contribution in [1.29, 1.82) is 0 Å². The van der Waals surface area contributed by atoms with Crippen LogP contribution in [-0.2, 0) is 7.05 Å². The van der Waals surface area contributed by atoms with E-state index in [2.05, 4.69) is 0 Å². The smallest absolute Gasteiger partial charge is 0.311 e. The molecule has 0 bridgehead atoms. The molecule has 1 saturated heterocycles. The van der Waals surface area contributed by atoms with Gasteiger partial charge in [0.25, 0.3) is 0 Å². The van der Waals surface area contributed by atoms with Crippen LogP contribution in [0.2, 0.25) is 0 Å². The van der Waals surface area contributed by atoms with E-state index in [1.807, 2.05) is 4.90 Å². The molecule has 0 radical (unpaired) electrons. The number of aromatic nitrogens is 1. The van der Waals surface area contributed by atoms with Gasteiger partial charge in [-0.15, -0.1) is 0 Å². The lowest BCUT2D eigenvalue weighted by Gasteiger charge is -2.17. The predicted molar refractivity (Wildman–Crippen MR) is 63.5 cm³/mol. The van der Waals surface area contributed by atoms with Gasteiger partial charge in [-0.25, -0.2) is 0 Å². The van der Waals surface area contributed by atoms with Crippen LogP contribution in [0.1, 0.15) is 30.3 Å². The fraction of sp³-hybridized carbons (Fsp3) is 0.545. The van der Waals surface area contributed by atoms with Gasteiger partial charge in [0.05, 0.1) is 10.6 Å². The zero-order chi connectivity index (χ0) is 12.6. The highest BCUT2D eigenvalue weighted by Gasteiger charge is 2.29. The van der Waals surface area contributed by atoms with Crippen LogP contribution >= 0.6 is 0 Å². The molecule has 1 aromatic heterocycles. The molecule has 2 rings (SSSR count). The van der Waals surface area contributed by atoms with Gasteiger partial charge in [0.1, 0.15) is 0 Å². The fourth-order valence-electron chi connectivity index (χ4n) is 2.35. The third kappa shape index (κ3) is 1.90. The molecule has 0 saturated carbocycles. The van der Waals surface area contributed by atoms with E-state index in [4.69, 9.17) is 0 Å². The minimum Gasteiger partial charge on any atom is -0.352 e. The number of nitro groups is 1. The lowest BCUT2D eigenvalue weighted by atomic mass is 10.3. The molecule has 1 aliphatic rings. The molecule has 2 heterocycles. The molecule has 1 aromatic rings. The Hall–Kier alpha value is -1.85. The van der Waals surface area contributed by atoms with Crippen molar-refractivity contribution >= 4 is 17.3 Å². The molecule has 6 nitrogen and oxygen atoms in total. The van der Waals surface area contributed by atoms with Gasteiger partial charge in [-0.2, -0.15) is 0 Å². The Balaban J connectivity index is 2.53. The quantitative estimate of drug-likeness (QED) is 0.456. The Labute approximate surface area is 99.0 Å². The standard InChI is InChI=1S/C11H15N3O3/c1-8(15)9-7-10(14(16)17)11(12(9)2)13-5-3-4-6-13/h7H,3-6H2,1-2H3. The van der Waals surface area contributed by atoms with Crippen molar-refractivity contribution in [2.24, 2.45) is 7.05 Å². The topological polar surface area (TPSA) is 68.4 Å². The zero-order valence-electron chi connectivity index (χ0n) is 9.97. The van der Waals surface area contributed by atoms with E-state index in [0.717, 1.165) is 25.9 Å². The van der Waals surface area contributed by atoms with Crippen LogP contribution in [0.5, 0.6) is 0 Å². The van der Waals surface area contributed by atoms with Crippen molar-refractivity contribution in [3.8, 4) is 0 Å². The van der Waals surface area contributed by atoms with Crippen molar-refractivity contribution < 1.29 is 9.72 Å². The van der Waals surface area contributed by atoms with E-state index in [-0.39, 0.29) is 11.5 Å². The molecule has 0 N–H and O–H groups in total. The summed E-state index contributed by atoms with van der Waals surface area (Å²) in [7, 11) is 1.71. The summed E-state index contributed by atoms with van der Waals surface area (Å²) in [6, 6.07) is 1.37. The summed E-state index contributed by atoms with van der Waals surface area (Å²) < 4.78 is 1.63. The summed E-state index contributed by atoms with van der Waals surface area (Å²) in [5.74, 6) is 0.402. The molecule has 0 aromatic carbocycles. The van der Waals surface area contributed by atoms with E-state index >= 15 is 0 Å². The minimum absolute atomic E-state index is 0.0274. The summed E-state index contributed by atoms with van der Waals surface area (Å²) in [6.45, 7) is 3.05. The normalized spacial score (nSPS) is 15.3. The summed E-state index contributed by atoms with van der Waals surface area (Å²) in [5, 5.41) is 11.0. The number of carbonyl (C=O) groups excluding carboxylic acids is 1. The van der Waals surface area contributed by atoms with Gasteiger partial charge < -0.3 is 9.47 Å². The third-order valence-corrected chi connectivity index (χ3v) is 3.14. The highest BCUT2D eigenvalue weighted by molar-refractivity contribution is 5.95. The lowest BCUT2D eigenvalue weighted by Crippen LogP contribution is -2.22. The van der Waals surface area contributed by atoms with Crippen LogP contribution in [0.25, 0.3) is 0 Å². The van der Waals surface area contributed by atoms with Gasteiger partial charge in [-0.3, -0.25) is 14.9 Å². The highest BCUT2D eigenvalue weighted by Crippen LogP contribution is 2.33. The molecule has 1 aliphatic heterocycles. The van der Waals surface area contributed by atoms with Gasteiger partial charge in [0.15, 0.2) is 11.6 Å². The SMILES string of the molecule is CC(=O)c1cc([N+](=O)[O-])c(N2CCCC2)n1C. The number of nitrogens with zero attached hydrogens (tertiary/aromatic N) is 3. The molecule has 0 spiro atoms. The van der Waals surface area contributed by atoms with E-state index in [0.29, 0.717) is 11.5 Å². The molecule has 0 aliphatic carbocycles. The number of hydrogen-bond donors (Lipinski definition) is 0. The summed E-state index contributed by atoms with van der Waals surface area (Å²) in [5.41, 5.74) is 0.415. The Bertz CT molecular complexity index is 473. The third-order valence-electron chi connectivity index (χ3n) is 3.14. The molecule has 92 valence electrons. The second-order valence-corrected chi connectivity index (χ2v) is 4.30. The van der Waals surface area contributed by atoms with Crippen molar-refractivity contribution in [1.82, 2.24) is 4.57 Å². The molecule has 6 heteroatoms. The number of ketones is 1. The minimum atomic E-state index is -0.417. The van der Waals surface area contributed by atoms with Crippen molar-refractivity contribution in [2.75, 3.05) is 18.0 Å². The fourth-order valence-corrected chi connectivity index (χ4v) is 2.35. The number of carbonyl (C=O) groups is 1. The number of Topliss-reactive ketones (excluding diaryl/α,β-unsaturated/α-hetero) is 1. The van der Waals surface area contributed by atoms with Crippen LogP contribution in [0.15, 0.2) is 6.07 Å². The second-order valence-electron chi connectivity index (χ2n) is 4.30. The van der Waals surface area contributed by atoms with Crippen molar-refractivity contribution in [2.45, 2.75) is 19.8 Å². The lowest BCUT2D eigenvalue weighted by molar-refractivity contribution is -0.384. The van der Waals surface area contributed by atoms with E-state index in [1.165, 1.54) is 13.0 Å². The first-order valence-electron chi connectivity index (χ1n) is 5.62. The molecule has 0 atom stereocenters. The van der Waals surface area contributed by atoms with Gasteiger partial charge in [0.2, 0.25) is 0 Å². The molecule has 0 unspecified atom stereocenters. The summed E-state index contributed by atoms with van der Waals surface area (Å²) in [4.78, 5) is 24.0. The first kappa shape index (κ1) is 11.6. The maximum absolute atomic E-state index is 11.4. The van der Waals surface area contributed by atoms with E-state index < -0.39 is 4.92 Å². The number of rotatable bonds is 3. The van der Waals surface area contributed by atoms with Crippen molar-refractivity contribution in [3.05, 3.63) is 21.9 Å². The Kier molecular flexibility index (Phi) is 2.87. The molecular formula is C11H15N3O3.